The van der Waals surface area contributed by atoms with E-state index in [9.17, 15) is 9.59 Å². The van der Waals surface area contributed by atoms with Crippen molar-refractivity contribution in [2.24, 2.45) is 0 Å². The summed E-state index contributed by atoms with van der Waals surface area (Å²) in [6.07, 6.45) is 1.55. The Balaban J connectivity index is 1.56. The van der Waals surface area contributed by atoms with Gasteiger partial charge in [0.1, 0.15) is 5.76 Å². The SMILES string of the molecule is CN(CC(=O)NCc1ccco1)C(=O)c1cc(-c2cccs2)nc2ccccc12. The van der Waals surface area contributed by atoms with E-state index in [4.69, 9.17) is 4.42 Å². The average Bonchev–Trinajstić information content (AvgIpc) is 3.45. The topological polar surface area (TPSA) is 75.4 Å². The van der Waals surface area contributed by atoms with E-state index in [1.165, 1.54) is 4.90 Å². The number of amides is 2. The lowest BCUT2D eigenvalue weighted by Crippen LogP contribution is -2.38. The summed E-state index contributed by atoms with van der Waals surface area (Å²) in [5.41, 5.74) is 2.02. The van der Waals surface area contributed by atoms with Gasteiger partial charge in [-0.2, -0.15) is 0 Å². The third-order valence-electron chi connectivity index (χ3n) is 4.49. The predicted octanol–water partition coefficient (Wildman–Crippen LogP) is 3.94. The Labute approximate surface area is 171 Å². The maximum atomic E-state index is 13.2. The normalized spacial score (nSPS) is 10.8. The van der Waals surface area contributed by atoms with Gasteiger partial charge in [-0.15, -0.1) is 11.3 Å². The zero-order valence-electron chi connectivity index (χ0n) is 15.8. The van der Waals surface area contributed by atoms with Crippen molar-refractivity contribution in [1.82, 2.24) is 15.2 Å². The van der Waals surface area contributed by atoms with Crippen molar-refractivity contribution < 1.29 is 14.0 Å². The van der Waals surface area contributed by atoms with Crippen LogP contribution in [0, 0.1) is 0 Å². The fourth-order valence-electron chi connectivity index (χ4n) is 3.05. The van der Waals surface area contributed by atoms with E-state index in [-0.39, 0.29) is 24.9 Å². The van der Waals surface area contributed by atoms with Crippen LogP contribution in [0.5, 0.6) is 0 Å². The second kappa shape index (κ2) is 8.28. The number of likely N-dealkylation sites (N-methyl/N-ethyl adjacent to an activating group) is 1. The number of carbonyl (C=O) groups excluding carboxylic acids is 2. The molecule has 0 aliphatic carbocycles. The number of carbonyl (C=O) groups is 2. The lowest BCUT2D eigenvalue weighted by Gasteiger charge is -2.18. The number of fused-ring (bicyclic) bond motifs is 1. The fraction of sp³-hybridized carbons (Fsp3) is 0.136. The third kappa shape index (κ3) is 4.20. The van der Waals surface area contributed by atoms with E-state index in [1.54, 1.807) is 42.8 Å². The molecule has 0 saturated heterocycles. The van der Waals surface area contributed by atoms with Crippen LogP contribution in [0.1, 0.15) is 16.1 Å². The third-order valence-corrected chi connectivity index (χ3v) is 5.38. The highest BCUT2D eigenvalue weighted by atomic mass is 32.1. The van der Waals surface area contributed by atoms with Gasteiger partial charge in [0.05, 0.1) is 41.0 Å². The molecule has 0 aliphatic heterocycles. The summed E-state index contributed by atoms with van der Waals surface area (Å²) in [7, 11) is 1.62. The molecule has 0 saturated carbocycles. The molecular formula is C22H19N3O3S. The van der Waals surface area contributed by atoms with Gasteiger partial charge in [0.15, 0.2) is 0 Å². The number of rotatable bonds is 6. The highest BCUT2D eigenvalue weighted by Gasteiger charge is 2.19. The molecule has 29 heavy (non-hydrogen) atoms. The van der Waals surface area contributed by atoms with Crippen LogP contribution in [0.15, 0.2) is 70.7 Å². The molecule has 3 heterocycles. The Morgan fingerprint density at radius 2 is 2.00 bits per heavy atom. The summed E-state index contributed by atoms with van der Waals surface area (Å²) in [4.78, 5) is 32.5. The first-order valence-electron chi connectivity index (χ1n) is 9.10. The van der Waals surface area contributed by atoms with E-state index in [2.05, 4.69) is 10.3 Å². The van der Waals surface area contributed by atoms with Crippen LogP contribution in [0.4, 0.5) is 0 Å². The van der Waals surface area contributed by atoms with Gasteiger partial charge >= 0.3 is 0 Å². The minimum atomic E-state index is -0.255. The number of aromatic nitrogens is 1. The monoisotopic (exact) mass is 405 g/mol. The largest absolute Gasteiger partial charge is 0.467 e. The van der Waals surface area contributed by atoms with Crippen LogP contribution in [-0.2, 0) is 11.3 Å². The lowest BCUT2D eigenvalue weighted by atomic mass is 10.1. The summed E-state index contributed by atoms with van der Waals surface area (Å²) in [6, 6.07) is 16.8. The molecule has 0 atom stereocenters. The molecule has 0 bridgehead atoms. The number of pyridine rings is 1. The number of nitrogens with zero attached hydrogens (tertiary/aromatic N) is 2. The molecule has 3 aromatic heterocycles. The highest BCUT2D eigenvalue weighted by Crippen LogP contribution is 2.28. The quantitative estimate of drug-likeness (QED) is 0.527. The Hall–Kier alpha value is -3.45. The van der Waals surface area contributed by atoms with Gasteiger partial charge in [0, 0.05) is 12.4 Å². The van der Waals surface area contributed by atoms with E-state index in [1.807, 2.05) is 41.8 Å². The van der Waals surface area contributed by atoms with Crippen molar-refractivity contribution >= 4 is 34.1 Å². The molecule has 4 aromatic rings. The van der Waals surface area contributed by atoms with E-state index >= 15 is 0 Å². The van der Waals surface area contributed by atoms with E-state index in [0.717, 1.165) is 21.5 Å². The van der Waals surface area contributed by atoms with Crippen LogP contribution >= 0.6 is 11.3 Å². The summed E-state index contributed by atoms with van der Waals surface area (Å²) < 4.78 is 5.20. The molecule has 6 nitrogen and oxygen atoms in total. The van der Waals surface area contributed by atoms with Gasteiger partial charge in [-0.05, 0) is 35.7 Å². The Bertz CT molecular complexity index is 1140. The number of nitrogens with one attached hydrogen (secondary N) is 1. The van der Waals surface area contributed by atoms with Crippen molar-refractivity contribution in [3.8, 4) is 10.6 Å². The second-order valence-electron chi connectivity index (χ2n) is 6.57. The van der Waals surface area contributed by atoms with Gasteiger partial charge in [0.2, 0.25) is 5.91 Å². The van der Waals surface area contributed by atoms with Crippen LogP contribution in [0.25, 0.3) is 21.5 Å². The van der Waals surface area contributed by atoms with E-state index in [0.29, 0.717) is 11.3 Å². The molecule has 7 heteroatoms. The fourth-order valence-corrected chi connectivity index (χ4v) is 3.74. The molecule has 2 amide bonds. The molecule has 146 valence electrons. The summed E-state index contributed by atoms with van der Waals surface area (Å²) in [5.74, 6) is 0.177. The molecular weight excluding hydrogens is 386 g/mol. The van der Waals surface area contributed by atoms with Gasteiger partial charge in [-0.3, -0.25) is 9.59 Å². The van der Waals surface area contributed by atoms with Crippen molar-refractivity contribution in [3.05, 3.63) is 77.6 Å². The second-order valence-corrected chi connectivity index (χ2v) is 7.51. The number of hydrogen-bond donors (Lipinski definition) is 1. The van der Waals surface area contributed by atoms with Gasteiger partial charge in [-0.1, -0.05) is 24.3 Å². The maximum absolute atomic E-state index is 13.2. The number of para-hydroxylation sites is 1. The van der Waals surface area contributed by atoms with Crippen molar-refractivity contribution in [2.75, 3.05) is 13.6 Å². The summed E-state index contributed by atoms with van der Waals surface area (Å²) in [6.45, 7) is 0.235. The number of furan rings is 1. The van der Waals surface area contributed by atoms with Crippen LogP contribution in [-0.4, -0.2) is 35.3 Å². The smallest absolute Gasteiger partial charge is 0.254 e. The molecule has 1 aromatic carbocycles. The molecule has 0 unspecified atom stereocenters. The van der Waals surface area contributed by atoms with Crippen LogP contribution in [0.3, 0.4) is 0 Å². The zero-order chi connectivity index (χ0) is 20.2. The first-order chi connectivity index (χ1) is 14.1. The van der Waals surface area contributed by atoms with Gasteiger partial charge in [0.25, 0.3) is 5.91 Å². The Kier molecular flexibility index (Phi) is 5.39. The molecule has 0 radical (unpaired) electrons. The zero-order valence-corrected chi connectivity index (χ0v) is 16.6. The van der Waals surface area contributed by atoms with Gasteiger partial charge < -0.3 is 14.6 Å². The Morgan fingerprint density at radius 1 is 1.14 bits per heavy atom. The summed E-state index contributed by atoms with van der Waals surface area (Å²) >= 11 is 1.57. The van der Waals surface area contributed by atoms with Crippen molar-refractivity contribution in [1.29, 1.82) is 0 Å². The van der Waals surface area contributed by atoms with Gasteiger partial charge in [-0.25, -0.2) is 4.98 Å². The first-order valence-corrected chi connectivity index (χ1v) is 9.98. The molecule has 4 rings (SSSR count). The number of benzene rings is 1. The number of thiophene rings is 1. The first kappa shape index (κ1) is 18.9. The molecule has 1 N–H and O–H groups in total. The maximum Gasteiger partial charge on any atom is 0.254 e. The van der Waals surface area contributed by atoms with Crippen molar-refractivity contribution in [2.45, 2.75) is 6.54 Å². The minimum absolute atomic E-state index is 0.0511. The van der Waals surface area contributed by atoms with Crippen LogP contribution in [0.2, 0.25) is 0 Å². The lowest BCUT2D eigenvalue weighted by molar-refractivity contribution is -0.121. The van der Waals surface area contributed by atoms with E-state index < -0.39 is 0 Å². The highest BCUT2D eigenvalue weighted by molar-refractivity contribution is 7.13. The predicted molar refractivity (Wildman–Crippen MR) is 113 cm³/mol. The molecule has 0 spiro atoms. The standard InChI is InChI=1S/C22H19N3O3S/c1-25(14-21(26)23-13-15-6-4-10-28-15)22(27)17-12-19(20-9-5-11-29-20)24-18-8-3-2-7-16(17)18/h2-12H,13-14H2,1H3,(H,23,26). The summed E-state index contributed by atoms with van der Waals surface area (Å²) in [5, 5.41) is 5.50. The van der Waals surface area contributed by atoms with Crippen LogP contribution < -0.4 is 5.32 Å². The number of hydrogen-bond acceptors (Lipinski definition) is 5. The van der Waals surface area contributed by atoms with Crippen molar-refractivity contribution in [3.63, 3.8) is 0 Å². The Morgan fingerprint density at radius 3 is 2.76 bits per heavy atom. The average molecular weight is 405 g/mol. The molecule has 0 fully saturated rings. The minimum Gasteiger partial charge on any atom is -0.467 e. The molecule has 0 aliphatic rings.